The molecule has 0 amide bonds. The minimum atomic E-state index is 0.106. The van der Waals surface area contributed by atoms with Crippen LogP contribution in [0.1, 0.15) is 17.9 Å². The van der Waals surface area contributed by atoms with Crippen molar-refractivity contribution in [1.82, 2.24) is 0 Å². The highest BCUT2D eigenvalue weighted by Gasteiger charge is 2.52. The molecule has 1 aromatic carbocycles. The van der Waals surface area contributed by atoms with Gasteiger partial charge in [0.2, 0.25) is 0 Å². The quantitative estimate of drug-likeness (QED) is 0.758. The first-order valence-electron chi connectivity index (χ1n) is 4.16. The van der Waals surface area contributed by atoms with Crippen LogP contribution in [0, 0.1) is 0 Å². The molecule has 70 valence electrons. The van der Waals surface area contributed by atoms with Gasteiger partial charge in [-0.2, -0.15) is 0 Å². The molecule has 0 spiro atoms. The van der Waals surface area contributed by atoms with E-state index in [1.165, 1.54) is 5.56 Å². The van der Waals surface area contributed by atoms with Gasteiger partial charge in [-0.3, -0.25) is 0 Å². The lowest BCUT2D eigenvalue weighted by Crippen LogP contribution is -1.93. The maximum absolute atomic E-state index is 5.30. The van der Waals surface area contributed by atoms with E-state index in [2.05, 4.69) is 37.9 Å². The van der Waals surface area contributed by atoms with Crippen LogP contribution in [0.4, 0.5) is 0 Å². The maximum Gasteiger partial charge on any atom is 0.122 e. The zero-order valence-corrected chi connectivity index (χ0v) is 10.4. The predicted octanol–water partition coefficient (Wildman–Crippen LogP) is 3.67. The van der Waals surface area contributed by atoms with E-state index in [-0.39, 0.29) is 3.23 Å². The fourth-order valence-electron chi connectivity index (χ4n) is 1.50. The third kappa shape index (κ3) is 1.77. The number of alkyl halides is 2. The summed E-state index contributed by atoms with van der Waals surface area (Å²) < 4.78 is 5.40. The van der Waals surface area contributed by atoms with Crippen LogP contribution in [0.3, 0.4) is 0 Å². The van der Waals surface area contributed by atoms with Gasteiger partial charge in [0.25, 0.3) is 0 Å². The molecule has 0 N–H and O–H groups in total. The largest absolute Gasteiger partial charge is 0.496 e. The van der Waals surface area contributed by atoms with Gasteiger partial charge in [-0.15, -0.1) is 0 Å². The average molecular weight is 306 g/mol. The van der Waals surface area contributed by atoms with Gasteiger partial charge >= 0.3 is 0 Å². The standard InChI is InChI=1S/C10H10Br2O/c1-13-9-5-3-2-4-7(9)8-6-10(8,11)12/h2-5,8H,6H2,1H3. The van der Waals surface area contributed by atoms with Crippen LogP contribution in [-0.4, -0.2) is 10.3 Å². The minimum absolute atomic E-state index is 0.106. The van der Waals surface area contributed by atoms with Crippen molar-refractivity contribution in [2.45, 2.75) is 15.6 Å². The van der Waals surface area contributed by atoms with Crippen molar-refractivity contribution in [2.24, 2.45) is 0 Å². The number of rotatable bonds is 2. The molecule has 0 bridgehead atoms. The van der Waals surface area contributed by atoms with Crippen molar-refractivity contribution in [3.63, 3.8) is 0 Å². The molecule has 1 aliphatic carbocycles. The molecule has 3 heteroatoms. The zero-order valence-electron chi connectivity index (χ0n) is 7.26. The Hall–Kier alpha value is -0.0200. The Bertz CT molecular complexity index is 322. The lowest BCUT2D eigenvalue weighted by molar-refractivity contribution is 0.410. The van der Waals surface area contributed by atoms with E-state index in [0.717, 1.165) is 12.2 Å². The summed E-state index contributed by atoms with van der Waals surface area (Å²) in [5.74, 6) is 1.51. The van der Waals surface area contributed by atoms with E-state index in [4.69, 9.17) is 4.74 Å². The third-order valence-electron chi connectivity index (χ3n) is 2.34. The van der Waals surface area contributed by atoms with Crippen molar-refractivity contribution >= 4 is 31.9 Å². The summed E-state index contributed by atoms with van der Waals surface area (Å²) in [6.45, 7) is 0. The van der Waals surface area contributed by atoms with E-state index in [1.807, 2.05) is 18.2 Å². The SMILES string of the molecule is COc1ccccc1C1CC1(Br)Br. The summed E-state index contributed by atoms with van der Waals surface area (Å²) in [5.41, 5.74) is 1.28. The smallest absolute Gasteiger partial charge is 0.122 e. The normalized spacial score (nSPS) is 24.1. The Morgan fingerprint density at radius 3 is 2.54 bits per heavy atom. The van der Waals surface area contributed by atoms with Gasteiger partial charge in [-0.25, -0.2) is 0 Å². The Morgan fingerprint density at radius 2 is 2.00 bits per heavy atom. The number of methoxy groups -OCH3 is 1. The zero-order chi connectivity index (χ0) is 9.47. The van der Waals surface area contributed by atoms with Crippen LogP contribution < -0.4 is 4.74 Å². The summed E-state index contributed by atoms with van der Waals surface area (Å²) in [4.78, 5) is 0. The predicted molar refractivity (Wildman–Crippen MR) is 60.9 cm³/mol. The Balaban J connectivity index is 2.31. The first kappa shape index (κ1) is 9.53. The molecule has 0 radical (unpaired) electrons. The van der Waals surface area contributed by atoms with E-state index in [0.29, 0.717) is 5.92 Å². The van der Waals surface area contributed by atoms with Crippen molar-refractivity contribution in [1.29, 1.82) is 0 Å². The van der Waals surface area contributed by atoms with Gasteiger partial charge < -0.3 is 4.74 Å². The van der Waals surface area contributed by atoms with Gasteiger partial charge in [-0.05, 0) is 18.1 Å². The summed E-state index contributed by atoms with van der Waals surface area (Å²) in [5, 5.41) is 0. The molecule has 0 saturated heterocycles. The van der Waals surface area contributed by atoms with E-state index < -0.39 is 0 Å². The molecule has 13 heavy (non-hydrogen) atoms. The van der Waals surface area contributed by atoms with Crippen LogP contribution in [0.25, 0.3) is 0 Å². The van der Waals surface area contributed by atoms with Crippen LogP contribution in [0.15, 0.2) is 24.3 Å². The monoisotopic (exact) mass is 304 g/mol. The number of ether oxygens (including phenoxy) is 1. The fourth-order valence-corrected chi connectivity index (χ4v) is 2.65. The maximum atomic E-state index is 5.30. The van der Waals surface area contributed by atoms with E-state index in [9.17, 15) is 0 Å². The topological polar surface area (TPSA) is 9.23 Å². The Kier molecular flexibility index (Phi) is 2.41. The van der Waals surface area contributed by atoms with Gasteiger partial charge in [0.1, 0.15) is 5.75 Å². The molecule has 0 aromatic heterocycles. The Labute approximate surface area is 94.7 Å². The molecule has 1 nitrogen and oxygen atoms in total. The fraction of sp³-hybridized carbons (Fsp3) is 0.400. The van der Waals surface area contributed by atoms with Crippen LogP contribution in [-0.2, 0) is 0 Å². The van der Waals surface area contributed by atoms with Gasteiger partial charge in [0.15, 0.2) is 0 Å². The highest BCUT2D eigenvalue weighted by Crippen LogP contribution is 2.63. The minimum Gasteiger partial charge on any atom is -0.496 e. The van der Waals surface area contributed by atoms with Crippen molar-refractivity contribution < 1.29 is 4.74 Å². The third-order valence-corrected chi connectivity index (χ3v) is 4.09. The van der Waals surface area contributed by atoms with Gasteiger partial charge in [0, 0.05) is 5.92 Å². The number of halogens is 2. The van der Waals surface area contributed by atoms with Crippen molar-refractivity contribution in [3.8, 4) is 5.75 Å². The second kappa shape index (κ2) is 3.28. The molecular weight excluding hydrogens is 296 g/mol. The molecule has 1 atom stereocenters. The average Bonchev–Trinajstić information content (AvgIpc) is 2.75. The number of para-hydroxylation sites is 1. The lowest BCUT2D eigenvalue weighted by Gasteiger charge is -2.07. The van der Waals surface area contributed by atoms with E-state index >= 15 is 0 Å². The molecule has 0 aliphatic heterocycles. The van der Waals surface area contributed by atoms with Crippen molar-refractivity contribution in [3.05, 3.63) is 29.8 Å². The summed E-state index contributed by atoms with van der Waals surface area (Å²) in [6.07, 6.45) is 1.12. The number of hydrogen-bond acceptors (Lipinski definition) is 1. The molecule has 1 unspecified atom stereocenters. The second-order valence-electron chi connectivity index (χ2n) is 3.26. The molecular formula is C10H10Br2O. The van der Waals surface area contributed by atoms with Crippen LogP contribution in [0.2, 0.25) is 0 Å². The lowest BCUT2D eigenvalue weighted by atomic mass is 10.1. The van der Waals surface area contributed by atoms with Crippen LogP contribution in [0.5, 0.6) is 5.75 Å². The molecule has 0 heterocycles. The highest BCUT2D eigenvalue weighted by atomic mass is 79.9. The van der Waals surface area contributed by atoms with Crippen LogP contribution >= 0.6 is 31.9 Å². The summed E-state index contributed by atoms with van der Waals surface area (Å²) in [6, 6.07) is 8.17. The molecule has 1 aliphatic rings. The number of benzene rings is 1. The van der Waals surface area contributed by atoms with Crippen molar-refractivity contribution in [2.75, 3.05) is 7.11 Å². The second-order valence-corrected chi connectivity index (χ2v) is 7.15. The number of hydrogen-bond donors (Lipinski definition) is 0. The van der Waals surface area contributed by atoms with Gasteiger partial charge in [-0.1, -0.05) is 50.1 Å². The first-order valence-corrected chi connectivity index (χ1v) is 5.74. The molecule has 1 fully saturated rings. The van der Waals surface area contributed by atoms with E-state index in [1.54, 1.807) is 7.11 Å². The molecule has 2 rings (SSSR count). The summed E-state index contributed by atoms with van der Waals surface area (Å²) in [7, 11) is 1.71. The Morgan fingerprint density at radius 1 is 1.38 bits per heavy atom. The molecule has 1 saturated carbocycles. The highest BCUT2D eigenvalue weighted by molar-refractivity contribution is 9.25. The summed E-state index contributed by atoms with van der Waals surface area (Å²) >= 11 is 7.23. The molecule has 1 aromatic rings. The first-order chi connectivity index (χ1) is 6.15. The van der Waals surface area contributed by atoms with Gasteiger partial charge in [0.05, 0.1) is 10.3 Å².